The summed E-state index contributed by atoms with van der Waals surface area (Å²) >= 11 is 6.28. The molecule has 0 aliphatic carbocycles. The Morgan fingerprint density at radius 1 is 1.29 bits per heavy atom. The van der Waals surface area contributed by atoms with Crippen molar-refractivity contribution in [3.63, 3.8) is 0 Å². The molecule has 4 aromatic rings. The lowest BCUT2D eigenvalue weighted by atomic mass is 10.1. The first-order valence-corrected chi connectivity index (χ1v) is 9.66. The third kappa shape index (κ3) is 3.55. The van der Waals surface area contributed by atoms with Crippen LogP contribution in [0.1, 0.15) is 32.2 Å². The molecule has 0 aliphatic heterocycles. The van der Waals surface area contributed by atoms with Crippen LogP contribution in [0, 0.1) is 0 Å². The summed E-state index contributed by atoms with van der Waals surface area (Å²) in [4.78, 5) is 12.5. The van der Waals surface area contributed by atoms with Gasteiger partial charge in [0.05, 0.1) is 34.3 Å². The number of nitrogens with one attached hydrogen (secondary N) is 2. The van der Waals surface area contributed by atoms with E-state index in [1.54, 1.807) is 20.0 Å². The molecule has 0 saturated heterocycles. The number of aromatic amines is 1. The topological polar surface area (TPSA) is 91.7 Å². The highest BCUT2D eigenvalue weighted by molar-refractivity contribution is 6.36. The van der Waals surface area contributed by atoms with Crippen LogP contribution < -0.4 is 5.32 Å². The third-order valence-corrected chi connectivity index (χ3v) is 4.84. The van der Waals surface area contributed by atoms with Gasteiger partial charge in [-0.1, -0.05) is 23.7 Å². The summed E-state index contributed by atoms with van der Waals surface area (Å²) in [6, 6.07) is 6.06. The van der Waals surface area contributed by atoms with Crippen molar-refractivity contribution in [2.45, 2.75) is 39.3 Å². The molecule has 4 rings (SSSR count). The van der Waals surface area contributed by atoms with Gasteiger partial charge in [0.25, 0.3) is 0 Å². The molecular formula is C20H23ClN6O. The van der Waals surface area contributed by atoms with Gasteiger partial charge < -0.3 is 15.4 Å². The van der Waals surface area contributed by atoms with Crippen LogP contribution >= 0.6 is 11.6 Å². The molecule has 3 N–H and O–H groups in total. The molecule has 8 heteroatoms. The van der Waals surface area contributed by atoms with E-state index in [9.17, 15) is 5.11 Å². The van der Waals surface area contributed by atoms with E-state index in [4.69, 9.17) is 16.6 Å². The van der Waals surface area contributed by atoms with E-state index >= 15 is 0 Å². The first kappa shape index (κ1) is 18.7. The largest absolute Gasteiger partial charge is 0.389 e. The second-order valence-corrected chi connectivity index (χ2v) is 7.93. The zero-order chi connectivity index (χ0) is 19.9. The van der Waals surface area contributed by atoms with Gasteiger partial charge in [-0.3, -0.25) is 4.68 Å². The van der Waals surface area contributed by atoms with Crippen molar-refractivity contribution in [3.8, 4) is 0 Å². The Morgan fingerprint density at radius 2 is 2.11 bits per heavy atom. The quantitative estimate of drug-likeness (QED) is 0.460. The van der Waals surface area contributed by atoms with E-state index in [-0.39, 0.29) is 0 Å². The maximum absolute atomic E-state index is 10.1. The zero-order valence-electron chi connectivity index (χ0n) is 16.1. The first-order chi connectivity index (χ1) is 13.4. The summed E-state index contributed by atoms with van der Waals surface area (Å²) in [7, 11) is 0. The highest BCUT2D eigenvalue weighted by Crippen LogP contribution is 2.29. The second-order valence-electron chi connectivity index (χ2n) is 7.52. The Labute approximate surface area is 167 Å². The van der Waals surface area contributed by atoms with Gasteiger partial charge in [-0.05, 0) is 32.4 Å². The Hall–Kier alpha value is -2.64. The Kier molecular flexibility index (Phi) is 4.72. The standard InChI is InChI=1S/C20H23ClN6O/c1-4-22-18-17-14(21)10-23-19(17)26-16(25-18)8-12-6-5-7-15-13(12)9-24-27(15)11-20(2,3)28/h5-7,9-10,28H,4,8,11H2,1-3H3,(H2,22,23,25,26). The number of aromatic nitrogens is 5. The molecular weight excluding hydrogens is 376 g/mol. The molecule has 0 radical (unpaired) electrons. The number of nitrogens with zero attached hydrogens (tertiary/aromatic N) is 4. The molecule has 0 bridgehead atoms. The van der Waals surface area contributed by atoms with E-state index in [0.717, 1.165) is 39.9 Å². The average Bonchev–Trinajstić information content (AvgIpc) is 3.19. The van der Waals surface area contributed by atoms with Gasteiger partial charge in [-0.2, -0.15) is 5.10 Å². The Morgan fingerprint density at radius 3 is 2.86 bits per heavy atom. The fraction of sp³-hybridized carbons (Fsp3) is 0.350. The van der Waals surface area contributed by atoms with E-state index in [2.05, 4.69) is 26.4 Å². The number of hydrogen-bond acceptors (Lipinski definition) is 5. The number of rotatable bonds is 6. The van der Waals surface area contributed by atoms with Crippen molar-refractivity contribution in [2.24, 2.45) is 0 Å². The number of halogens is 1. The van der Waals surface area contributed by atoms with E-state index in [0.29, 0.717) is 23.8 Å². The maximum Gasteiger partial charge on any atom is 0.144 e. The van der Waals surface area contributed by atoms with Gasteiger partial charge in [-0.15, -0.1) is 0 Å². The first-order valence-electron chi connectivity index (χ1n) is 9.29. The van der Waals surface area contributed by atoms with Gasteiger partial charge in [0.15, 0.2) is 0 Å². The van der Waals surface area contributed by atoms with Crippen molar-refractivity contribution in [3.05, 3.63) is 47.0 Å². The normalized spacial score (nSPS) is 12.2. The van der Waals surface area contributed by atoms with Gasteiger partial charge in [0, 0.05) is 24.5 Å². The van der Waals surface area contributed by atoms with Crippen LogP contribution in [0.3, 0.4) is 0 Å². The second kappa shape index (κ2) is 7.07. The van der Waals surface area contributed by atoms with E-state index in [1.807, 2.05) is 29.9 Å². The minimum atomic E-state index is -0.837. The van der Waals surface area contributed by atoms with Crippen molar-refractivity contribution in [2.75, 3.05) is 11.9 Å². The highest BCUT2D eigenvalue weighted by Gasteiger charge is 2.18. The summed E-state index contributed by atoms with van der Waals surface area (Å²) < 4.78 is 1.83. The van der Waals surface area contributed by atoms with Crippen LogP contribution in [0.25, 0.3) is 21.9 Å². The number of hydrogen-bond donors (Lipinski definition) is 3. The summed E-state index contributed by atoms with van der Waals surface area (Å²) in [5.74, 6) is 1.43. The van der Waals surface area contributed by atoms with Crippen molar-refractivity contribution < 1.29 is 5.11 Å². The predicted octanol–water partition coefficient (Wildman–Crippen LogP) is 3.75. The van der Waals surface area contributed by atoms with Gasteiger partial charge in [0.1, 0.15) is 17.3 Å². The van der Waals surface area contributed by atoms with Crippen molar-refractivity contribution in [1.82, 2.24) is 24.7 Å². The summed E-state index contributed by atoms with van der Waals surface area (Å²) in [5, 5.41) is 20.3. The van der Waals surface area contributed by atoms with Crippen LogP contribution in [0.5, 0.6) is 0 Å². The molecule has 7 nitrogen and oxygen atoms in total. The maximum atomic E-state index is 10.1. The molecule has 0 unspecified atom stereocenters. The van der Waals surface area contributed by atoms with Crippen LogP contribution in [0.4, 0.5) is 5.82 Å². The van der Waals surface area contributed by atoms with Crippen molar-refractivity contribution >= 4 is 39.4 Å². The smallest absolute Gasteiger partial charge is 0.144 e. The van der Waals surface area contributed by atoms with Gasteiger partial charge >= 0.3 is 0 Å². The third-order valence-electron chi connectivity index (χ3n) is 4.54. The molecule has 3 aromatic heterocycles. The minimum absolute atomic E-state index is 0.425. The van der Waals surface area contributed by atoms with Crippen molar-refractivity contribution in [1.29, 1.82) is 0 Å². The molecule has 0 saturated carbocycles. The Balaban J connectivity index is 1.74. The lowest BCUT2D eigenvalue weighted by Gasteiger charge is -2.17. The SMILES string of the molecule is CCNc1nc(Cc2cccc3c2cnn3CC(C)(C)O)nc2[nH]cc(Cl)c12. The molecule has 1 aromatic carbocycles. The molecule has 146 valence electrons. The monoisotopic (exact) mass is 398 g/mol. The number of aliphatic hydroxyl groups is 1. The summed E-state index contributed by atoms with van der Waals surface area (Å²) in [5.41, 5.74) is 1.95. The molecule has 0 amide bonds. The van der Waals surface area contributed by atoms with Gasteiger partial charge in [-0.25, -0.2) is 9.97 Å². The lowest BCUT2D eigenvalue weighted by molar-refractivity contribution is 0.0591. The minimum Gasteiger partial charge on any atom is -0.389 e. The molecule has 0 aliphatic rings. The zero-order valence-corrected chi connectivity index (χ0v) is 16.9. The van der Waals surface area contributed by atoms with E-state index < -0.39 is 5.60 Å². The number of H-pyrrole nitrogens is 1. The molecule has 0 atom stereocenters. The van der Waals surface area contributed by atoms with Crippen LogP contribution in [-0.2, 0) is 13.0 Å². The van der Waals surface area contributed by atoms with Crippen LogP contribution in [0.2, 0.25) is 5.02 Å². The fourth-order valence-corrected chi connectivity index (χ4v) is 3.63. The number of benzene rings is 1. The molecule has 0 fully saturated rings. The lowest BCUT2D eigenvalue weighted by Crippen LogP contribution is -2.26. The van der Waals surface area contributed by atoms with E-state index in [1.165, 1.54) is 0 Å². The van der Waals surface area contributed by atoms with Gasteiger partial charge in [0.2, 0.25) is 0 Å². The Bertz CT molecular complexity index is 1140. The van der Waals surface area contributed by atoms with Crippen LogP contribution in [-0.4, -0.2) is 42.0 Å². The summed E-state index contributed by atoms with van der Waals surface area (Å²) in [6.45, 7) is 6.74. The molecule has 3 heterocycles. The molecule has 0 spiro atoms. The van der Waals surface area contributed by atoms with Crippen LogP contribution in [0.15, 0.2) is 30.6 Å². The summed E-state index contributed by atoms with van der Waals surface area (Å²) in [6.07, 6.45) is 4.13. The fourth-order valence-electron chi connectivity index (χ4n) is 3.40. The number of anilines is 1. The molecule has 28 heavy (non-hydrogen) atoms. The predicted molar refractivity (Wildman–Crippen MR) is 112 cm³/mol. The average molecular weight is 399 g/mol. The highest BCUT2D eigenvalue weighted by atomic mass is 35.5. The number of fused-ring (bicyclic) bond motifs is 2.